The highest BCUT2D eigenvalue weighted by molar-refractivity contribution is 5.17. The van der Waals surface area contributed by atoms with Crippen LogP contribution in [0, 0.1) is 6.92 Å². The lowest BCUT2D eigenvalue weighted by Crippen LogP contribution is -2.16. The maximum Gasteiger partial charge on any atom is 0.0570 e. The van der Waals surface area contributed by atoms with Crippen LogP contribution in [0.4, 0.5) is 0 Å². The van der Waals surface area contributed by atoms with Gasteiger partial charge in [0.1, 0.15) is 0 Å². The minimum Gasteiger partial charge on any atom is -0.306 e. The van der Waals surface area contributed by atoms with Gasteiger partial charge in [-0.15, -0.1) is 0 Å². The third-order valence-corrected chi connectivity index (χ3v) is 2.64. The van der Waals surface area contributed by atoms with E-state index < -0.39 is 0 Å². The van der Waals surface area contributed by atoms with E-state index in [9.17, 15) is 0 Å². The first-order chi connectivity index (χ1) is 7.77. The Balaban J connectivity index is 1.89. The van der Waals surface area contributed by atoms with Crippen LogP contribution in [0.2, 0.25) is 0 Å². The molecule has 0 aliphatic heterocycles. The number of nitrogens with zero attached hydrogens (tertiary/aromatic N) is 3. The van der Waals surface area contributed by atoms with Gasteiger partial charge < -0.3 is 5.32 Å². The quantitative estimate of drug-likeness (QED) is 0.840. The number of rotatable bonds is 4. The largest absolute Gasteiger partial charge is 0.306 e. The predicted molar refractivity (Wildman–Crippen MR) is 62.7 cm³/mol. The van der Waals surface area contributed by atoms with Crippen molar-refractivity contribution in [1.82, 2.24) is 20.1 Å². The van der Waals surface area contributed by atoms with Crippen molar-refractivity contribution in [2.75, 3.05) is 0 Å². The number of aryl methyl sites for hydroxylation is 2. The molecule has 2 heterocycles. The van der Waals surface area contributed by atoms with Gasteiger partial charge in [-0.1, -0.05) is 6.07 Å². The van der Waals surface area contributed by atoms with E-state index in [-0.39, 0.29) is 0 Å². The summed E-state index contributed by atoms with van der Waals surface area (Å²) in [6.45, 7) is 3.68. The van der Waals surface area contributed by atoms with Crippen molar-refractivity contribution in [1.29, 1.82) is 0 Å². The van der Waals surface area contributed by atoms with Crippen LogP contribution in [0.25, 0.3) is 0 Å². The second-order valence-corrected chi connectivity index (χ2v) is 3.82. The SMILES string of the molecule is Cc1cccnc1CNCc1ccnn1C. The van der Waals surface area contributed by atoms with E-state index >= 15 is 0 Å². The Kier molecular flexibility index (Phi) is 3.31. The van der Waals surface area contributed by atoms with Crippen LogP contribution in [0.5, 0.6) is 0 Å². The minimum absolute atomic E-state index is 0.790. The molecule has 0 saturated heterocycles. The van der Waals surface area contributed by atoms with Gasteiger partial charge in [0, 0.05) is 32.5 Å². The van der Waals surface area contributed by atoms with E-state index in [1.807, 2.05) is 36.3 Å². The lowest BCUT2D eigenvalue weighted by Gasteiger charge is -2.06. The van der Waals surface area contributed by atoms with E-state index in [0.29, 0.717) is 0 Å². The molecular weight excluding hydrogens is 200 g/mol. The first kappa shape index (κ1) is 10.8. The summed E-state index contributed by atoms with van der Waals surface area (Å²) in [5.74, 6) is 0. The van der Waals surface area contributed by atoms with Gasteiger partial charge in [-0.2, -0.15) is 5.10 Å². The summed E-state index contributed by atoms with van der Waals surface area (Å²) in [5, 5.41) is 7.48. The normalized spacial score (nSPS) is 10.6. The third kappa shape index (κ3) is 2.46. The Morgan fingerprint density at radius 3 is 2.81 bits per heavy atom. The van der Waals surface area contributed by atoms with Crippen LogP contribution in [-0.2, 0) is 20.1 Å². The summed E-state index contributed by atoms with van der Waals surface area (Å²) in [4.78, 5) is 4.33. The highest BCUT2D eigenvalue weighted by Gasteiger charge is 2.00. The number of hydrogen-bond donors (Lipinski definition) is 1. The molecule has 0 atom stereocenters. The van der Waals surface area contributed by atoms with Crippen LogP contribution in [0.3, 0.4) is 0 Å². The molecule has 0 radical (unpaired) electrons. The van der Waals surface area contributed by atoms with Crippen molar-refractivity contribution < 1.29 is 0 Å². The second kappa shape index (κ2) is 4.90. The zero-order chi connectivity index (χ0) is 11.4. The van der Waals surface area contributed by atoms with Gasteiger partial charge in [0.05, 0.1) is 11.4 Å². The maximum atomic E-state index is 4.33. The standard InChI is InChI=1S/C12H16N4/c1-10-4-3-6-14-12(10)9-13-8-11-5-7-15-16(11)2/h3-7,13H,8-9H2,1-2H3. The molecule has 0 saturated carbocycles. The molecule has 2 aromatic rings. The number of hydrogen-bond acceptors (Lipinski definition) is 3. The van der Waals surface area contributed by atoms with E-state index in [2.05, 4.69) is 28.4 Å². The Morgan fingerprint density at radius 1 is 1.25 bits per heavy atom. The molecule has 4 nitrogen and oxygen atoms in total. The molecule has 16 heavy (non-hydrogen) atoms. The van der Waals surface area contributed by atoms with Crippen molar-refractivity contribution >= 4 is 0 Å². The molecule has 0 aliphatic rings. The average molecular weight is 216 g/mol. The fourth-order valence-corrected chi connectivity index (χ4v) is 1.59. The van der Waals surface area contributed by atoms with Crippen LogP contribution >= 0.6 is 0 Å². The summed E-state index contributed by atoms with van der Waals surface area (Å²) >= 11 is 0. The first-order valence-corrected chi connectivity index (χ1v) is 5.35. The lowest BCUT2D eigenvalue weighted by atomic mass is 10.2. The molecule has 2 rings (SSSR count). The molecule has 0 unspecified atom stereocenters. The highest BCUT2D eigenvalue weighted by Crippen LogP contribution is 2.03. The molecule has 1 N–H and O–H groups in total. The zero-order valence-electron chi connectivity index (χ0n) is 9.64. The summed E-state index contributed by atoms with van der Waals surface area (Å²) in [7, 11) is 1.95. The van der Waals surface area contributed by atoms with Crippen molar-refractivity contribution in [2.45, 2.75) is 20.0 Å². The summed E-state index contributed by atoms with van der Waals surface area (Å²) < 4.78 is 1.87. The third-order valence-electron chi connectivity index (χ3n) is 2.64. The fraction of sp³-hybridized carbons (Fsp3) is 0.333. The second-order valence-electron chi connectivity index (χ2n) is 3.82. The van der Waals surface area contributed by atoms with Gasteiger partial charge >= 0.3 is 0 Å². The number of pyridine rings is 1. The Morgan fingerprint density at radius 2 is 2.12 bits per heavy atom. The molecule has 0 fully saturated rings. The Labute approximate surface area is 95.3 Å². The molecule has 4 heteroatoms. The molecule has 0 amide bonds. The van der Waals surface area contributed by atoms with Crippen molar-refractivity contribution in [3.8, 4) is 0 Å². The van der Waals surface area contributed by atoms with E-state index in [4.69, 9.17) is 0 Å². The molecule has 0 spiro atoms. The monoisotopic (exact) mass is 216 g/mol. The molecule has 0 aliphatic carbocycles. The molecule has 0 aromatic carbocycles. The lowest BCUT2D eigenvalue weighted by molar-refractivity contribution is 0.618. The van der Waals surface area contributed by atoms with Gasteiger partial charge in [0.25, 0.3) is 0 Å². The Bertz CT molecular complexity index is 462. The van der Waals surface area contributed by atoms with Crippen LogP contribution in [0.1, 0.15) is 17.0 Å². The predicted octanol–water partition coefficient (Wildman–Crippen LogP) is 1.41. The molecule has 84 valence electrons. The van der Waals surface area contributed by atoms with E-state index in [1.165, 1.54) is 11.3 Å². The van der Waals surface area contributed by atoms with Crippen molar-refractivity contribution in [3.63, 3.8) is 0 Å². The van der Waals surface area contributed by atoms with Crippen LogP contribution in [0.15, 0.2) is 30.6 Å². The van der Waals surface area contributed by atoms with Crippen molar-refractivity contribution in [2.24, 2.45) is 7.05 Å². The van der Waals surface area contributed by atoms with Gasteiger partial charge in [0.2, 0.25) is 0 Å². The molecular formula is C12H16N4. The van der Waals surface area contributed by atoms with Crippen LogP contribution in [-0.4, -0.2) is 14.8 Å². The first-order valence-electron chi connectivity index (χ1n) is 5.35. The average Bonchev–Trinajstić information content (AvgIpc) is 2.67. The van der Waals surface area contributed by atoms with Gasteiger partial charge in [-0.3, -0.25) is 9.67 Å². The van der Waals surface area contributed by atoms with Gasteiger partial charge in [0.15, 0.2) is 0 Å². The van der Waals surface area contributed by atoms with Gasteiger partial charge in [-0.25, -0.2) is 0 Å². The zero-order valence-corrected chi connectivity index (χ0v) is 9.64. The summed E-state index contributed by atoms with van der Waals surface area (Å²) in [5.41, 5.74) is 3.50. The topological polar surface area (TPSA) is 42.7 Å². The fourth-order valence-electron chi connectivity index (χ4n) is 1.59. The van der Waals surface area contributed by atoms with Crippen molar-refractivity contribution in [3.05, 3.63) is 47.5 Å². The van der Waals surface area contributed by atoms with Crippen LogP contribution < -0.4 is 5.32 Å². The van der Waals surface area contributed by atoms with E-state index in [0.717, 1.165) is 18.8 Å². The maximum absolute atomic E-state index is 4.33. The summed E-state index contributed by atoms with van der Waals surface area (Å²) in [6.07, 6.45) is 3.64. The molecule has 0 bridgehead atoms. The minimum atomic E-state index is 0.790. The Hall–Kier alpha value is -1.68. The molecule has 2 aromatic heterocycles. The smallest absolute Gasteiger partial charge is 0.0570 e. The van der Waals surface area contributed by atoms with Gasteiger partial charge in [-0.05, 0) is 24.6 Å². The number of aromatic nitrogens is 3. The van der Waals surface area contributed by atoms with E-state index in [1.54, 1.807) is 0 Å². The summed E-state index contributed by atoms with van der Waals surface area (Å²) in [6, 6.07) is 6.05. The highest BCUT2D eigenvalue weighted by atomic mass is 15.3. The number of nitrogens with one attached hydrogen (secondary N) is 1.